The van der Waals surface area contributed by atoms with Gasteiger partial charge >= 0.3 is 11.7 Å². The number of aromatic nitrogens is 2. The molecule has 154 valence electrons. The highest BCUT2D eigenvalue weighted by Gasteiger charge is 2.46. The number of nitrogens with one attached hydrogen (secondary N) is 1. The first-order chi connectivity index (χ1) is 13.6. The fourth-order valence-electron chi connectivity index (χ4n) is 4.61. The van der Waals surface area contributed by atoms with Crippen molar-refractivity contribution in [3.05, 3.63) is 33.1 Å². The highest BCUT2D eigenvalue weighted by molar-refractivity contribution is 5.80. The van der Waals surface area contributed by atoms with Gasteiger partial charge in [-0.2, -0.15) is 0 Å². The van der Waals surface area contributed by atoms with Crippen LogP contribution in [0.5, 0.6) is 0 Å². The molecule has 3 fully saturated rings. The number of ether oxygens (including phenoxy) is 3. The summed E-state index contributed by atoms with van der Waals surface area (Å²) < 4.78 is 19.1. The Kier molecular flexibility index (Phi) is 5.68. The van der Waals surface area contributed by atoms with E-state index < -0.39 is 23.1 Å². The summed E-state index contributed by atoms with van der Waals surface area (Å²) in [5.74, 6) is -0.273. The second kappa shape index (κ2) is 8.21. The lowest BCUT2D eigenvalue weighted by Crippen LogP contribution is -2.43. The molecule has 0 spiro atoms. The van der Waals surface area contributed by atoms with E-state index in [4.69, 9.17) is 14.2 Å². The molecule has 1 N–H and O–H groups in total. The number of rotatable bonds is 6. The Morgan fingerprint density at radius 1 is 1.14 bits per heavy atom. The zero-order chi connectivity index (χ0) is 19.6. The van der Waals surface area contributed by atoms with Crippen LogP contribution in [-0.2, 0) is 19.0 Å². The molecular formula is C20H28N2O6. The first-order valence-electron chi connectivity index (χ1n) is 10.4. The molecule has 8 heteroatoms. The van der Waals surface area contributed by atoms with Crippen LogP contribution >= 0.6 is 0 Å². The lowest BCUT2D eigenvalue weighted by atomic mass is 10.0. The van der Waals surface area contributed by atoms with Crippen molar-refractivity contribution in [3.8, 4) is 0 Å². The molecule has 1 aromatic heterocycles. The average Bonchev–Trinajstić information content (AvgIpc) is 3.43. The molecule has 0 radical (unpaired) electrons. The molecule has 1 aliphatic heterocycles. The van der Waals surface area contributed by atoms with E-state index in [2.05, 4.69) is 4.98 Å². The van der Waals surface area contributed by atoms with E-state index in [0.29, 0.717) is 12.8 Å². The quantitative estimate of drug-likeness (QED) is 0.744. The predicted octanol–water partition coefficient (Wildman–Crippen LogP) is 2.03. The van der Waals surface area contributed by atoms with Gasteiger partial charge in [0.1, 0.15) is 12.8 Å². The molecule has 0 amide bonds. The van der Waals surface area contributed by atoms with Crippen molar-refractivity contribution in [1.29, 1.82) is 0 Å². The average molecular weight is 392 g/mol. The van der Waals surface area contributed by atoms with Crippen molar-refractivity contribution in [2.24, 2.45) is 0 Å². The second-order valence-electron chi connectivity index (χ2n) is 8.13. The number of carbonyl (C=O) groups is 1. The van der Waals surface area contributed by atoms with E-state index in [1.807, 2.05) is 0 Å². The van der Waals surface area contributed by atoms with Crippen LogP contribution < -0.4 is 11.2 Å². The summed E-state index contributed by atoms with van der Waals surface area (Å²) in [4.78, 5) is 38.2. The number of carbonyl (C=O) groups excluding carboxylic acids is 1. The fraction of sp³-hybridized carbons (Fsp3) is 0.750. The normalized spacial score (nSPS) is 27.3. The van der Waals surface area contributed by atoms with E-state index in [0.717, 1.165) is 51.4 Å². The molecule has 1 aromatic rings. The zero-order valence-electron chi connectivity index (χ0n) is 16.1. The number of aromatic amines is 1. The molecular weight excluding hydrogens is 364 g/mol. The van der Waals surface area contributed by atoms with Gasteiger partial charge in [0.25, 0.3) is 5.56 Å². The Labute approximate surface area is 163 Å². The fourth-order valence-corrected chi connectivity index (χ4v) is 4.61. The number of hydrogen-bond acceptors (Lipinski definition) is 6. The number of hydrogen-bond donors (Lipinski definition) is 1. The zero-order valence-corrected chi connectivity index (χ0v) is 16.1. The van der Waals surface area contributed by atoms with Gasteiger partial charge < -0.3 is 14.2 Å². The van der Waals surface area contributed by atoms with Crippen molar-refractivity contribution in [2.45, 2.75) is 88.2 Å². The van der Waals surface area contributed by atoms with Crippen LogP contribution in [0.15, 0.2) is 21.9 Å². The van der Waals surface area contributed by atoms with Gasteiger partial charge in [-0.05, 0) is 51.4 Å². The molecule has 4 rings (SSSR count). The van der Waals surface area contributed by atoms with Gasteiger partial charge in [-0.1, -0.05) is 12.8 Å². The third-order valence-electron chi connectivity index (χ3n) is 6.12. The third-order valence-corrected chi connectivity index (χ3v) is 6.12. The van der Waals surface area contributed by atoms with Crippen LogP contribution in [0.2, 0.25) is 0 Å². The Bertz CT molecular complexity index is 803. The van der Waals surface area contributed by atoms with Crippen molar-refractivity contribution in [2.75, 3.05) is 6.61 Å². The number of nitrogens with zero attached hydrogens (tertiary/aromatic N) is 1. The summed E-state index contributed by atoms with van der Waals surface area (Å²) in [5, 5.41) is 0. The summed E-state index contributed by atoms with van der Waals surface area (Å²) in [6, 6.07) is 1.29. The van der Waals surface area contributed by atoms with E-state index in [-0.39, 0.29) is 24.8 Å². The van der Waals surface area contributed by atoms with Gasteiger partial charge in [0, 0.05) is 12.3 Å². The summed E-state index contributed by atoms with van der Waals surface area (Å²) in [6.45, 7) is 0.156. The summed E-state index contributed by atoms with van der Waals surface area (Å²) in [6.07, 6.45) is 9.98. The second-order valence-corrected chi connectivity index (χ2v) is 8.13. The minimum atomic E-state index is -0.789. The number of esters is 1. The molecule has 2 atom stereocenters. The molecule has 2 aliphatic carbocycles. The van der Waals surface area contributed by atoms with Crippen molar-refractivity contribution >= 4 is 5.97 Å². The molecule has 1 saturated heterocycles. The Morgan fingerprint density at radius 3 is 2.61 bits per heavy atom. The van der Waals surface area contributed by atoms with Gasteiger partial charge in [-0.25, -0.2) is 9.59 Å². The maximum atomic E-state index is 12.9. The Balaban J connectivity index is 1.33. The van der Waals surface area contributed by atoms with E-state index in [1.54, 1.807) is 0 Å². The SMILES string of the molecule is O=C(OCC1CCC(n2ccc(=O)[nH]c2=O)O1)C1(OC2CCCC2)CCCC1. The summed E-state index contributed by atoms with van der Waals surface area (Å²) in [7, 11) is 0. The molecule has 2 saturated carbocycles. The van der Waals surface area contributed by atoms with Crippen LogP contribution in [0, 0.1) is 0 Å². The van der Waals surface area contributed by atoms with Gasteiger partial charge in [0.05, 0.1) is 12.2 Å². The number of H-pyrrole nitrogens is 1. The Hall–Kier alpha value is -1.93. The maximum Gasteiger partial charge on any atom is 0.338 e. The van der Waals surface area contributed by atoms with Crippen LogP contribution in [0.3, 0.4) is 0 Å². The predicted molar refractivity (Wildman–Crippen MR) is 100.0 cm³/mol. The lowest BCUT2D eigenvalue weighted by molar-refractivity contribution is -0.183. The molecule has 2 heterocycles. The van der Waals surface area contributed by atoms with Crippen molar-refractivity contribution < 1.29 is 19.0 Å². The van der Waals surface area contributed by atoms with Crippen LogP contribution in [0.25, 0.3) is 0 Å². The molecule has 0 bridgehead atoms. The minimum Gasteiger partial charge on any atom is -0.461 e. The Morgan fingerprint density at radius 2 is 1.89 bits per heavy atom. The first kappa shape index (κ1) is 19.4. The molecule has 3 aliphatic rings. The van der Waals surface area contributed by atoms with Crippen molar-refractivity contribution in [1.82, 2.24) is 9.55 Å². The van der Waals surface area contributed by atoms with Crippen molar-refractivity contribution in [3.63, 3.8) is 0 Å². The van der Waals surface area contributed by atoms with Gasteiger partial charge in [0.2, 0.25) is 0 Å². The van der Waals surface area contributed by atoms with Crippen LogP contribution in [-0.4, -0.2) is 39.9 Å². The minimum absolute atomic E-state index is 0.156. The largest absolute Gasteiger partial charge is 0.461 e. The van der Waals surface area contributed by atoms with E-state index in [1.165, 1.54) is 16.8 Å². The van der Waals surface area contributed by atoms with Gasteiger partial charge in [-0.15, -0.1) is 0 Å². The molecule has 8 nitrogen and oxygen atoms in total. The van der Waals surface area contributed by atoms with Gasteiger partial charge in [0.15, 0.2) is 5.60 Å². The molecule has 28 heavy (non-hydrogen) atoms. The maximum absolute atomic E-state index is 12.9. The smallest absolute Gasteiger partial charge is 0.338 e. The third kappa shape index (κ3) is 4.07. The summed E-state index contributed by atoms with van der Waals surface area (Å²) >= 11 is 0. The van der Waals surface area contributed by atoms with Gasteiger partial charge in [-0.3, -0.25) is 14.3 Å². The van der Waals surface area contributed by atoms with E-state index >= 15 is 0 Å². The van der Waals surface area contributed by atoms with Crippen LogP contribution in [0.4, 0.5) is 0 Å². The highest BCUT2D eigenvalue weighted by atomic mass is 16.6. The molecule has 2 unspecified atom stereocenters. The van der Waals surface area contributed by atoms with Crippen LogP contribution in [0.1, 0.15) is 70.4 Å². The summed E-state index contributed by atoms with van der Waals surface area (Å²) in [5.41, 5.74) is -1.72. The topological polar surface area (TPSA) is 99.6 Å². The van der Waals surface area contributed by atoms with E-state index in [9.17, 15) is 14.4 Å². The standard InChI is InChI=1S/C20H28N2O6/c23-16-9-12-22(19(25)21-16)17-8-7-15(27-17)13-26-18(24)20(10-3-4-11-20)28-14-5-1-2-6-14/h9,12,14-15,17H,1-8,10-11,13H2,(H,21,23,25). The first-order valence-corrected chi connectivity index (χ1v) is 10.4. The lowest BCUT2D eigenvalue weighted by Gasteiger charge is -2.30. The monoisotopic (exact) mass is 392 g/mol. The molecule has 0 aromatic carbocycles. The highest BCUT2D eigenvalue weighted by Crippen LogP contribution is 2.38.